The van der Waals surface area contributed by atoms with Crippen LogP contribution in [0, 0.1) is 0 Å². The molecular formula is C44H87NO9. The van der Waals surface area contributed by atoms with Gasteiger partial charge in [0.2, 0.25) is 5.91 Å². The lowest BCUT2D eigenvalue weighted by Crippen LogP contribution is -2.60. The van der Waals surface area contributed by atoms with Crippen molar-refractivity contribution in [3.63, 3.8) is 0 Å². The molecule has 0 aromatic carbocycles. The van der Waals surface area contributed by atoms with Gasteiger partial charge in [0.25, 0.3) is 0 Å². The Labute approximate surface area is 330 Å². The number of carbonyl (C=O) groups is 1. The third-order valence-electron chi connectivity index (χ3n) is 11.3. The van der Waals surface area contributed by atoms with E-state index in [1.807, 2.05) is 0 Å². The summed E-state index contributed by atoms with van der Waals surface area (Å²) in [7, 11) is 0. The fourth-order valence-corrected chi connectivity index (χ4v) is 7.55. The molecule has 1 aliphatic rings. The Hall–Kier alpha value is -0.850. The van der Waals surface area contributed by atoms with E-state index in [2.05, 4.69) is 19.2 Å². The highest BCUT2D eigenvalue weighted by atomic mass is 16.7. The Kier molecular flexibility index (Phi) is 33.5. The molecule has 1 fully saturated rings. The van der Waals surface area contributed by atoms with Gasteiger partial charge in [0.05, 0.1) is 25.4 Å². The molecule has 7 N–H and O–H groups in total. The molecule has 8 atom stereocenters. The van der Waals surface area contributed by atoms with Crippen molar-refractivity contribution in [2.24, 2.45) is 0 Å². The molecule has 10 heteroatoms. The van der Waals surface area contributed by atoms with Crippen LogP contribution in [0.5, 0.6) is 0 Å². The Bertz CT molecular complexity index is 834. The molecule has 1 aliphatic heterocycles. The smallest absolute Gasteiger partial charge is 0.220 e. The Balaban J connectivity index is 2.29. The van der Waals surface area contributed by atoms with Crippen molar-refractivity contribution in [2.45, 2.75) is 262 Å². The van der Waals surface area contributed by atoms with Crippen LogP contribution in [-0.2, 0) is 14.3 Å². The molecule has 322 valence electrons. The Morgan fingerprint density at radius 3 is 1.37 bits per heavy atom. The average molecular weight is 774 g/mol. The number of amides is 1. The number of hydrogen-bond donors (Lipinski definition) is 7. The van der Waals surface area contributed by atoms with Gasteiger partial charge in [0, 0.05) is 6.42 Å². The number of aliphatic hydroxyl groups excluding tert-OH is 6. The van der Waals surface area contributed by atoms with Crippen LogP contribution < -0.4 is 5.32 Å². The van der Waals surface area contributed by atoms with Crippen molar-refractivity contribution >= 4 is 5.91 Å². The van der Waals surface area contributed by atoms with Gasteiger partial charge < -0.3 is 45.4 Å². The predicted octanol–water partition coefficient (Wildman–Crippen LogP) is 8.14. The summed E-state index contributed by atoms with van der Waals surface area (Å²) in [5.41, 5.74) is 0. The summed E-state index contributed by atoms with van der Waals surface area (Å²) in [5, 5.41) is 64.9. The van der Waals surface area contributed by atoms with Gasteiger partial charge in [-0.2, -0.15) is 0 Å². The van der Waals surface area contributed by atoms with Gasteiger partial charge in [-0.25, -0.2) is 0 Å². The fraction of sp³-hybridized carbons (Fsp3) is 0.977. The van der Waals surface area contributed by atoms with E-state index in [0.717, 1.165) is 44.9 Å². The summed E-state index contributed by atoms with van der Waals surface area (Å²) in [5.74, 6) is -0.256. The molecule has 0 aromatic rings. The lowest BCUT2D eigenvalue weighted by molar-refractivity contribution is -0.303. The highest BCUT2D eigenvalue weighted by Crippen LogP contribution is 2.23. The van der Waals surface area contributed by atoms with Gasteiger partial charge in [-0.3, -0.25) is 4.79 Å². The first kappa shape index (κ1) is 51.2. The monoisotopic (exact) mass is 774 g/mol. The summed E-state index contributed by atoms with van der Waals surface area (Å²) >= 11 is 0. The van der Waals surface area contributed by atoms with Gasteiger partial charge in [-0.1, -0.05) is 194 Å². The van der Waals surface area contributed by atoms with Gasteiger partial charge >= 0.3 is 0 Å². The van der Waals surface area contributed by atoms with E-state index in [1.54, 1.807) is 0 Å². The standard InChI is InChI=1S/C44H87NO9/c1-3-5-7-9-11-13-14-15-16-17-18-19-20-21-22-23-24-25-27-29-31-33-39(48)45-36(35-53-44-43(52)42(51)41(50)38(34-46)54-44)40(49)37(47)32-30-28-26-12-10-8-6-4-2/h36-38,40-44,46-47,49-52H,3-35H2,1-2H3,(H,45,48)/t36-,37+,38+,40-,41-,42?,43?,44+/m0/s1. The molecule has 0 radical (unpaired) electrons. The molecule has 0 aromatic heterocycles. The Morgan fingerprint density at radius 2 is 0.963 bits per heavy atom. The van der Waals surface area contributed by atoms with Gasteiger partial charge in [-0.15, -0.1) is 0 Å². The maximum absolute atomic E-state index is 13.0. The number of aliphatic hydroxyl groups is 6. The lowest BCUT2D eigenvalue weighted by atomic mass is 9.98. The second-order valence-corrected chi connectivity index (χ2v) is 16.3. The number of carbonyl (C=O) groups excluding carboxylic acids is 1. The summed E-state index contributed by atoms with van der Waals surface area (Å²) in [6.45, 7) is 3.58. The number of unbranched alkanes of at least 4 members (excludes halogenated alkanes) is 27. The van der Waals surface area contributed by atoms with E-state index < -0.39 is 55.6 Å². The number of nitrogens with one attached hydrogen (secondary N) is 1. The quantitative estimate of drug-likeness (QED) is 0.0306. The molecule has 0 bridgehead atoms. The predicted molar refractivity (Wildman–Crippen MR) is 218 cm³/mol. The lowest BCUT2D eigenvalue weighted by Gasteiger charge is -2.40. The average Bonchev–Trinajstić information content (AvgIpc) is 3.17. The zero-order valence-corrected chi connectivity index (χ0v) is 34.9. The summed E-state index contributed by atoms with van der Waals surface area (Å²) in [6.07, 6.45) is 27.1. The molecule has 1 rings (SSSR count). The van der Waals surface area contributed by atoms with Crippen LogP contribution in [0.3, 0.4) is 0 Å². The normalized spacial score (nSPS) is 22.0. The highest BCUT2D eigenvalue weighted by molar-refractivity contribution is 5.76. The van der Waals surface area contributed by atoms with Crippen molar-refractivity contribution in [2.75, 3.05) is 13.2 Å². The van der Waals surface area contributed by atoms with Crippen molar-refractivity contribution in [3.05, 3.63) is 0 Å². The van der Waals surface area contributed by atoms with Crippen LogP contribution in [0.1, 0.15) is 213 Å². The minimum Gasteiger partial charge on any atom is -0.394 e. The van der Waals surface area contributed by atoms with Crippen molar-refractivity contribution in [1.29, 1.82) is 0 Å². The van der Waals surface area contributed by atoms with E-state index in [-0.39, 0.29) is 18.9 Å². The van der Waals surface area contributed by atoms with E-state index >= 15 is 0 Å². The molecule has 2 unspecified atom stereocenters. The molecule has 10 nitrogen and oxygen atoms in total. The maximum Gasteiger partial charge on any atom is 0.220 e. The van der Waals surface area contributed by atoms with E-state index in [0.29, 0.717) is 6.42 Å². The highest BCUT2D eigenvalue weighted by Gasteiger charge is 2.44. The summed E-state index contributed by atoms with van der Waals surface area (Å²) < 4.78 is 11.1. The molecule has 0 aliphatic carbocycles. The van der Waals surface area contributed by atoms with E-state index in [4.69, 9.17) is 9.47 Å². The second kappa shape index (κ2) is 35.3. The number of rotatable bonds is 38. The van der Waals surface area contributed by atoms with Gasteiger partial charge in [-0.05, 0) is 12.8 Å². The van der Waals surface area contributed by atoms with Gasteiger partial charge in [0.15, 0.2) is 6.29 Å². The third-order valence-corrected chi connectivity index (χ3v) is 11.3. The number of hydrogen-bond acceptors (Lipinski definition) is 9. The third kappa shape index (κ3) is 25.4. The maximum atomic E-state index is 13.0. The first-order valence-corrected chi connectivity index (χ1v) is 22.8. The van der Waals surface area contributed by atoms with Crippen molar-refractivity contribution in [1.82, 2.24) is 5.32 Å². The molecule has 1 saturated heterocycles. The molecule has 0 saturated carbocycles. The first-order valence-electron chi connectivity index (χ1n) is 22.8. The van der Waals surface area contributed by atoms with Crippen LogP contribution in [0.4, 0.5) is 0 Å². The SMILES string of the molecule is CCCCCCCCCCCCCCCCCCCCCCCC(=O)N[C@@H](CO[C@@H]1O[C@H](CO)[C@H](O)C(O)C1O)[C@H](O)[C@H](O)CCCCCCCCCC. The minimum absolute atomic E-state index is 0.256. The molecular weight excluding hydrogens is 686 g/mol. The van der Waals surface area contributed by atoms with Crippen LogP contribution in [0.2, 0.25) is 0 Å². The summed E-state index contributed by atoms with van der Waals surface area (Å²) in [6, 6.07) is -0.983. The zero-order chi connectivity index (χ0) is 39.7. The molecule has 1 amide bonds. The molecule has 0 spiro atoms. The van der Waals surface area contributed by atoms with Gasteiger partial charge in [0.1, 0.15) is 30.5 Å². The van der Waals surface area contributed by atoms with Crippen molar-refractivity contribution < 1.29 is 44.9 Å². The van der Waals surface area contributed by atoms with Crippen LogP contribution >= 0.6 is 0 Å². The van der Waals surface area contributed by atoms with E-state index in [1.165, 1.54) is 141 Å². The fourth-order valence-electron chi connectivity index (χ4n) is 7.55. The topological polar surface area (TPSA) is 169 Å². The molecule has 1 heterocycles. The first-order chi connectivity index (χ1) is 26.3. The molecule has 54 heavy (non-hydrogen) atoms. The van der Waals surface area contributed by atoms with Crippen LogP contribution in [0.25, 0.3) is 0 Å². The Morgan fingerprint density at radius 1 is 0.574 bits per heavy atom. The summed E-state index contributed by atoms with van der Waals surface area (Å²) in [4.78, 5) is 13.0. The zero-order valence-electron chi connectivity index (χ0n) is 34.9. The van der Waals surface area contributed by atoms with Crippen molar-refractivity contribution in [3.8, 4) is 0 Å². The number of ether oxygens (including phenoxy) is 2. The minimum atomic E-state index is -1.60. The van der Waals surface area contributed by atoms with E-state index in [9.17, 15) is 35.4 Å². The largest absolute Gasteiger partial charge is 0.394 e. The van der Waals surface area contributed by atoms with Crippen LogP contribution in [0.15, 0.2) is 0 Å². The second-order valence-electron chi connectivity index (χ2n) is 16.3. The van der Waals surface area contributed by atoms with Crippen LogP contribution in [-0.4, -0.2) is 98.7 Å².